The standard InChI is InChI=1S/C18H20N2O6S/c1-2-12-14-13(9-10-3-5-11(6-4-10)20(25)26)16(27-8-7-21)15(18(23)24)19(14)17(12)22/h3-6,12-14,21H,2,7-9H2,1H3,(H,23,24). The molecule has 1 aromatic rings. The van der Waals surface area contributed by atoms with Gasteiger partial charge in [-0.15, -0.1) is 11.8 Å². The normalized spacial score (nSPS) is 24.0. The molecule has 1 aromatic carbocycles. The van der Waals surface area contributed by atoms with Gasteiger partial charge < -0.3 is 15.1 Å². The van der Waals surface area contributed by atoms with Crippen molar-refractivity contribution in [1.29, 1.82) is 0 Å². The minimum Gasteiger partial charge on any atom is -0.477 e. The number of fused-ring (bicyclic) bond motifs is 1. The Morgan fingerprint density at radius 2 is 1.96 bits per heavy atom. The highest BCUT2D eigenvalue weighted by atomic mass is 32.2. The summed E-state index contributed by atoms with van der Waals surface area (Å²) >= 11 is 1.26. The zero-order valence-corrected chi connectivity index (χ0v) is 15.5. The number of thioether (sulfide) groups is 1. The zero-order chi connectivity index (χ0) is 19.7. The van der Waals surface area contributed by atoms with Crippen molar-refractivity contribution in [2.24, 2.45) is 11.8 Å². The van der Waals surface area contributed by atoms with E-state index in [9.17, 15) is 29.9 Å². The molecule has 3 rings (SSSR count). The predicted octanol–water partition coefficient (Wildman–Crippen LogP) is 2.03. The highest BCUT2D eigenvalue weighted by molar-refractivity contribution is 8.03. The van der Waals surface area contributed by atoms with Crippen LogP contribution in [-0.2, 0) is 16.0 Å². The lowest BCUT2D eigenvalue weighted by atomic mass is 9.78. The molecule has 8 nitrogen and oxygen atoms in total. The number of aliphatic hydroxyl groups excluding tert-OH is 1. The molecule has 2 aliphatic rings. The fraction of sp³-hybridized carbons (Fsp3) is 0.444. The van der Waals surface area contributed by atoms with Crippen LogP contribution in [-0.4, -0.2) is 50.3 Å². The van der Waals surface area contributed by atoms with Crippen molar-refractivity contribution in [3.05, 3.63) is 50.5 Å². The van der Waals surface area contributed by atoms with Gasteiger partial charge in [-0.1, -0.05) is 19.1 Å². The number of hydrogen-bond donors (Lipinski definition) is 2. The number of nitro benzene ring substituents is 1. The summed E-state index contributed by atoms with van der Waals surface area (Å²) < 4.78 is 0. The van der Waals surface area contributed by atoms with Crippen molar-refractivity contribution in [2.45, 2.75) is 25.8 Å². The van der Waals surface area contributed by atoms with Crippen LogP contribution < -0.4 is 0 Å². The lowest BCUT2D eigenvalue weighted by Crippen LogP contribution is -2.60. The summed E-state index contributed by atoms with van der Waals surface area (Å²) in [5.41, 5.74) is 0.849. The summed E-state index contributed by atoms with van der Waals surface area (Å²) in [5.74, 6) is -1.40. The van der Waals surface area contributed by atoms with Gasteiger partial charge in [0, 0.05) is 28.7 Å². The van der Waals surface area contributed by atoms with Gasteiger partial charge in [-0.3, -0.25) is 14.9 Å². The highest BCUT2D eigenvalue weighted by Gasteiger charge is 2.58. The second-order valence-corrected chi connectivity index (χ2v) is 7.67. The van der Waals surface area contributed by atoms with E-state index in [1.54, 1.807) is 12.1 Å². The molecule has 2 heterocycles. The Morgan fingerprint density at radius 3 is 2.48 bits per heavy atom. The number of aliphatic hydroxyl groups is 1. The van der Waals surface area contributed by atoms with Crippen LogP contribution in [0.3, 0.4) is 0 Å². The van der Waals surface area contributed by atoms with Crippen LogP contribution in [0, 0.1) is 22.0 Å². The molecule has 144 valence electrons. The van der Waals surface area contributed by atoms with Crippen molar-refractivity contribution >= 4 is 29.3 Å². The van der Waals surface area contributed by atoms with Gasteiger partial charge >= 0.3 is 5.97 Å². The SMILES string of the molecule is CCC1C(=O)N2C(C(=O)O)=C(SCCO)C(Cc3ccc([N+](=O)[O-])cc3)C12. The minimum atomic E-state index is -1.14. The number of amides is 1. The van der Waals surface area contributed by atoms with E-state index >= 15 is 0 Å². The van der Waals surface area contributed by atoms with Crippen LogP contribution >= 0.6 is 11.8 Å². The van der Waals surface area contributed by atoms with Crippen molar-refractivity contribution in [3.63, 3.8) is 0 Å². The summed E-state index contributed by atoms with van der Waals surface area (Å²) in [6, 6.07) is 5.96. The first kappa shape index (κ1) is 19.4. The summed E-state index contributed by atoms with van der Waals surface area (Å²) in [5, 5.41) is 29.7. The molecule has 2 N–H and O–H groups in total. The molecular formula is C18H20N2O6S. The van der Waals surface area contributed by atoms with Crippen molar-refractivity contribution < 1.29 is 24.7 Å². The second kappa shape index (κ2) is 7.69. The Bertz CT molecular complexity index is 807. The number of non-ortho nitro benzene ring substituents is 1. The predicted molar refractivity (Wildman–Crippen MR) is 98.9 cm³/mol. The summed E-state index contributed by atoms with van der Waals surface area (Å²) in [7, 11) is 0. The number of nitrogens with zero attached hydrogens (tertiary/aromatic N) is 2. The molecule has 2 aliphatic heterocycles. The third kappa shape index (κ3) is 3.32. The molecule has 0 spiro atoms. The first-order valence-corrected chi connectivity index (χ1v) is 9.66. The Balaban J connectivity index is 1.94. The molecule has 0 bridgehead atoms. The van der Waals surface area contributed by atoms with Crippen LogP contribution in [0.5, 0.6) is 0 Å². The largest absolute Gasteiger partial charge is 0.477 e. The van der Waals surface area contributed by atoms with Gasteiger partial charge in [0.25, 0.3) is 5.69 Å². The molecule has 27 heavy (non-hydrogen) atoms. The average molecular weight is 392 g/mol. The van der Waals surface area contributed by atoms with E-state index in [1.165, 1.54) is 28.8 Å². The fourth-order valence-corrected chi connectivity index (χ4v) is 4.99. The number of carboxylic acid groups (broad SMARTS) is 1. The summed E-state index contributed by atoms with van der Waals surface area (Å²) in [6.45, 7) is 1.81. The number of carboxylic acids is 1. The molecule has 0 radical (unpaired) electrons. The number of nitro groups is 1. The molecule has 3 atom stereocenters. The number of carbonyl (C=O) groups excluding carboxylic acids is 1. The summed E-state index contributed by atoms with van der Waals surface area (Å²) in [6.07, 6.45) is 1.11. The van der Waals surface area contributed by atoms with Crippen molar-refractivity contribution in [2.75, 3.05) is 12.4 Å². The van der Waals surface area contributed by atoms with Gasteiger partial charge in [0.1, 0.15) is 5.70 Å². The van der Waals surface area contributed by atoms with Crippen LogP contribution in [0.2, 0.25) is 0 Å². The topological polar surface area (TPSA) is 121 Å². The highest BCUT2D eigenvalue weighted by Crippen LogP contribution is 2.51. The fourth-order valence-electron chi connectivity index (χ4n) is 3.92. The molecule has 0 aromatic heterocycles. The van der Waals surface area contributed by atoms with Gasteiger partial charge in [0.15, 0.2) is 0 Å². The quantitative estimate of drug-likeness (QED) is 0.394. The van der Waals surface area contributed by atoms with Gasteiger partial charge in [0.05, 0.1) is 23.5 Å². The Hall–Kier alpha value is -2.39. The maximum atomic E-state index is 12.4. The van der Waals surface area contributed by atoms with Gasteiger partial charge in [0.2, 0.25) is 5.91 Å². The Kier molecular flexibility index (Phi) is 5.52. The zero-order valence-electron chi connectivity index (χ0n) is 14.7. The van der Waals surface area contributed by atoms with E-state index in [-0.39, 0.29) is 41.8 Å². The monoisotopic (exact) mass is 392 g/mol. The Labute approximate surface area is 160 Å². The number of carbonyl (C=O) groups is 2. The number of rotatable bonds is 8. The van der Waals surface area contributed by atoms with E-state index in [0.717, 1.165) is 5.56 Å². The van der Waals surface area contributed by atoms with Crippen LogP contribution in [0.4, 0.5) is 5.69 Å². The van der Waals surface area contributed by atoms with E-state index in [2.05, 4.69) is 0 Å². The maximum absolute atomic E-state index is 12.4. The van der Waals surface area contributed by atoms with Crippen LogP contribution in [0.15, 0.2) is 34.9 Å². The summed E-state index contributed by atoms with van der Waals surface area (Å²) in [4.78, 5) is 36.6. The van der Waals surface area contributed by atoms with Gasteiger partial charge in [-0.2, -0.15) is 0 Å². The first-order valence-electron chi connectivity index (χ1n) is 8.68. The lowest BCUT2D eigenvalue weighted by molar-refractivity contribution is -0.384. The minimum absolute atomic E-state index is 0.00583. The van der Waals surface area contributed by atoms with Gasteiger partial charge in [-0.05, 0) is 18.4 Å². The number of β-lactam (4-membered cyclic amide) rings is 1. The lowest BCUT2D eigenvalue weighted by Gasteiger charge is -2.45. The molecule has 0 saturated carbocycles. The molecular weight excluding hydrogens is 372 g/mol. The van der Waals surface area contributed by atoms with Crippen molar-refractivity contribution in [3.8, 4) is 0 Å². The molecule has 3 unspecified atom stereocenters. The molecule has 1 fully saturated rings. The molecule has 9 heteroatoms. The van der Waals surface area contributed by atoms with E-state index in [4.69, 9.17) is 0 Å². The first-order chi connectivity index (χ1) is 12.9. The third-order valence-electron chi connectivity index (χ3n) is 5.08. The molecule has 0 aliphatic carbocycles. The smallest absolute Gasteiger partial charge is 0.353 e. The average Bonchev–Trinajstić information content (AvgIpc) is 2.91. The maximum Gasteiger partial charge on any atom is 0.353 e. The van der Waals surface area contributed by atoms with E-state index in [0.29, 0.717) is 23.5 Å². The van der Waals surface area contributed by atoms with Crippen LogP contribution in [0.25, 0.3) is 0 Å². The second-order valence-electron chi connectivity index (χ2n) is 6.54. The van der Waals surface area contributed by atoms with Crippen molar-refractivity contribution in [1.82, 2.24) is 4.90 Å². The number of aliphatic carboxylic acids is 1. The van der Waals surface area contributed by atoms with E-state index in [1.807, 2.05) is 6.92 Å². The van der Waals surface area contributed by atoms with E-state index < -0.39 is 10.9 Å². The van der Waals surface area contributed by atoms with Gasteiger partial charge in [-0.25, -0.2) is 4.79 Å². The third-order valence-corrected chi connectivity index (χ3v) is 6.28. The Morgan fingerprint density at radius 1 is 1.30 bits per heavy atom. The number of hydrogen-bond acceptors (Lipinski definition) is 6. The molecule has 1 saturated heterocycles. The molecule has 1 amide bonds. The van der Waals surface area contributed by atoms with Crippen LogP contribution in [0.1, 0.15) is 18.9 Å². The number of benzene rings is 1.